The Bertz CT molecular complexity index is 1690. The number of rotatable bonds is 8. The standard InChI is InChI=1S/C28H26N4O5S/c1-5-36-22-11-16(7-9-20(22)34-3)12-24-27(33)32-26(31)18(14-29)25(19(15-30)28(32)38-24)17-8-10-21(35-4)23(13-17)37-6-2/h7-13,25H,5-6,31H2,1-4H3/b24-12-/t25-/m1/s1. The number of thiazole rings is 1. The molecule has 2 N–H and O–H groups in total. The highest BCUT2D eigenvalue weighted by Crippen LogP contribution is 2.39. The lowest BCUT2D eigenvalue weighted by atomic mass is 9.84. The highest BCUT2D eigenvalue weighted by atomic mass is 32.1. The van der Waals surface area contributed by atoms with E-state index in [0.717, 1.165) is 11.3 Å². The van der Waals surface area contributed by atoms with Gasteiger partial charge in [0.05, 0.1) is 61.2 Å². The normalized spacial score (nSPS) is 14.9. The van der Waals surface area contributed by atoms with Gasteiger partial charge in [-0.1, -0.05) is 12.1 Å². The van der Waals surface area contributed by atoms with Gasteiger partial charge in [0.1, 0.15) is 10.5 Å². The van der Waals surface area contributed by atoms with E-state index in [0.29, 0.717) is 56.5 Å². The maximum absolute atomic E-state index is 13.5. The first kappa shape index (κ1) is 26.4. The Hall–Kier alpha value is -4.67. The first-order valence-electron chi connectivity index (χ1n) is 11.8. The molecule has 0 amide bonds. The summed E-state index contributed by atoms with van der Waals surface area (Å²) in [6.45, 7) is 4.57. The van der Waals surface area contributed by atoms with E-state index in [2.05, 4.69) is 12.1 Å². The maximum atomic E-state index is 13.5. The molecule has 1 aliphatic rings. The minimum atomic E-state index is -0.772. The fraction of sp³-hybridized carbons (Fsp3) is 0.250. The van der Waals surface area contributed by atoms with Crippen LogP contribution in [0.4, 0.5) is 0 Å². The predicted molar refractivity (Wildman–Crippen MR) is 145 cm³/mol. The number of aromatic nitrogens is 1. The number of fused-ring (bicyclic) bond motifs is 1. The molecule has 0 unspecified atom stereocenters. The van der Waals surface area contributed by atoms with Gasteiger partial charge in [-0.05, 0) is 55.3 Å². The van der Waals surface area contributed by atoms with E-state index >= 15 is 0 Å². The highest BCUT2D eigenvalue weighted by molar-refractivity contribution is 7.07. The zero-order valence-corrected chi connectivity index (χ0v) is 22.2. The Morgan fingerprint density at radius 2 is 1.55 bits per heavy atom. The van der Waals surface area contributed by atoms with Crippen LogP contribution in [0.3, 0.4) is 0 Å². The van der Waals surface area contributed by atoms with Crippen LogP contribution in [0, 0.1) is 22.7 Å². The minimum absolute atomic E-state index is 0.00841. The average molecular weight is 531 g/mol. The van der Waals surface area contributed by atoms with E-state index in [-0.39, 0.29) is 17.0 Å². The lowest BCUT2D eigenvalue weighted by Gasteiger charge is -2.23. The summed E-state index contributed by atoms with van der Waals surface area (Å²) in [7, 11) is 3.09. The Labute approximate surface area is 223 Å². The summed E-state index contributed by atoms with van der Waals surface area (Å²) < 4.78 is 24.0. The lowest BCUT2D eigenvalue weighted by Crippen LogP contribution is -2.38. The Balaban J connectivity index is 1.96. The molecule has 3 aromatic rings. The second kappa shape index (κ2) is 11.2. The third-order valence-corrected chi connectivity index (χ3v) is 7.10. The smallest absolute Gasteiger partial charge is 0.274 e. The number of allylic oxidation sites excluding steroid dienone is 1. The molecule has 0 saturated carbocycles. The summed E-state index contributed by atoms with van der Waals surface area (Å²) in [6.07, 6.45) is 1.70. The summed E-state index contributed by atoms with van der Waals surface area (Å²) in [5, 5.41) is 20.3. The molecule has 4 rings (SSSR count). The van der Waals surface area contributed by atoms with Crippen molar-refractivity contribution in [3.05, 3.63) is 72.6 Å². The molecule has 2 heterocycles. The van der Waals surface area contributed by atoms with Crippen molar-refractivity contribution < 1.29 is 18.9 Å². The summed E-state index contributed by atoms with van der Waals surface area (Å²) >= 11 is 1.14. The van der Waals surface area contributed by atoms with Gasteiger partial charge in [0.15, 0.2) is 23.0 Å². The van der Waals surface area contributed by atoms with Crippen molar-refractivity contribution in [3.63, 3.8) is 0 Å². The number of nitrogens with two attached hydrogens (primary N) is 1. The largest absolute Gasteiger partial charge is 0.493 e. The fourth-order valence-electron chi connectivity index (χ4n) is 4.33. The fourth-order valence-corrected chi connectivity index (χ4v) is 5.46. The van der Waals surface area contributed by atoms with Crippen LogP contribution in [0.1, 0.15) is 30.9 Å². The topological polar surface area (TPSA) is 133 Å². The number of hydrogen-bond acceptors (Lipinski definition) is 9. The molecule has 0 aliphatic carbocycles. The molecule has 0 fully saturated rings. The van der Waals surface area contributed by atoms with Crippen LogP contribution in [0.15, 0.2) is 46.8 Å². The minimum Gasteiger partial charge on any atom is -0.493 e. The number of nitriles is 2. The maximum Gasteiger partial charge on any atom is 0.274 e. The Kier molecular flexibility index (Phi) is 7.75. The van der Waals surface area contributed by atoms with E-state index in [1.165, 1.54) is 11.7 Å². The molecule has 9 nitrogen and oxygen atoms in total. The van der Waals surface area contributed by atoms with E-state index in [1.54, 1.807) is 49.6 Å². The van der Waals surface area contributed by atoms with Gasteiger partial charge < -0.3 is 24.7 Å². The van der Waals surface area contributed by atoms with Gasteiger partial charge in [-0.25, -0.2) is 0 Å². The number of methoxy groups -OCH3 is 2. The van der Waals surface area contributed by atoms with E-state index in [9.17, 15) is 15.3 Å². The lowest BCUT2D eigenvalue weighted by molar-refractivity contribution is 0.310. The van der Waals surface area contributed by atoms with Crippen LogP contribution in [-0.2, 0) is 0 Å². The van der Waals surface area contributed by atoms with Gasteiger partial charge >= 0.3 is 0 Å². The number of benzene rings is 2. The van der Waals surface area contributed by atoms with Gasteiger partial charge in [0.2, 0.25) is 0 Å². The zero-order chi connectivity index (χ0) is 27.4. The second-order valence-electron chi connectivity index (χ2n) is 8.11. The SMILES string of the molecule is CCOc1cc(/C=c2\sc3n(c2=O)C(N)=C(C#N)[C@@H](c2ccc(OC)c(OCC)c2)C=3C#N)ccc1OC. The van der Waals surface area contributed by atoms with E-state index in [1.807, 2.05) is 13.8 Å². The molecule has 2 aromatic carbocycles. The first-order valence-corrected chi connectivity index (χ1v) is 12.6. The predicted octanol–water partition coefficient (Wildman–Crippen LogP) is 2.68. The molecule has 10 heteroatoms. The third kappa shape index (κ3) is 4.58. The van der Waals surface area contributed by atoms with Crippen LogP contribution in [0.25, 0.3) is 17.5 Å². The van der Waals surface area contributed by atoms with Crippen molar-refractivity contribution in [1.29, 1.82) is 10.5 Å². The van der Waals surface area contributed by atoms with Crippen molar-refractivity contribution in [2.75, 3.05) is 27.4 Å². The van der Waals surface area contributed by atoms with Crippen LogP contribution in [0.5, 0.6) is 23.0 Å². The van der Waals surface area contributed by atoms with Crippen molar-refractivity contribution in [2.45, 2.75) is 19.8 Å². The molecule has 1 aliphatic heterocycles. The van der Waals surface area contributed by atoms with Crippen LogP contribution < -0.4 is 39.4 Å². The average Bonchev–Trinajstić information content (AvgIpc) is 3.24. The van der Waals surface area contributed by atoms with Gasteiger partial charge in [-0.3, -0.25) is 9.36 Å². The molecule has 0 bridgehead atoms. The number of hydrogen-bond donors (Lipinski definition) is 1. The van der Waals surface area contributed by atoms with Gasteiger partial charge in [-0.15, -0.1) is 11.3 Å². The van der Waals surface area contributed by atoms with E-state index in [4.69, 9.17) is 24.7 Å². The van der Waals surface area contributed by atoms with Crippen molar-refractivity contribution in [3.8, 4) is 35.1 Å². The van der Waals surface area contributed by atoms with E-state index < -0.39 is 11.5 Å². The van der Waals surface area contributed by atoms with Crippen molar-refractivity contribution >= 4 is 28.8 Å². The molecule has 1 atom stereocenters. The molecular formula is C28H26N4O5S. The van der Waals surface area contributed by atoms with Crippen LogP contribution in [-0.4, -0.2) is 32.0 Å². The molecule has 0 saturated heterocycles. The van der Waals surface area contributed by atoms with Crippen LogP contribution >= 0.6 is 11.3 Å². The quantitative estimate of drug-likeness (QED) is 0.470. The first-order chi connectivity index (χ1) is 18.4. The number of ether oxygens (including phenoxy) is 4. The van der Waals surface area contributed by atoms with Crippen molar-refractivity contribution in [2.24, 2.45) is 5.73 Å². The van der Waals surface area contributed by atoms with Gasteiger partial charge in [0.25, 0.3) is 5.56 Å². The summed E-state index contributed by atoms with van der Waals surface area (Å²) in [5.74, 6) is 1.35. The molecule has 0 radical (unpaired) electrons. The second-order valence-corrected chi connectivity index (χ2v) is 9.14. The van der Waals surface area contributed by atoms with Crippen LogP contribution in [0.2, 0.25) is 0 Å². The summed E-state index contributed by atoms with van der Waals surface area (Å²) in [6, 6.07) is 14.9. The van der Waals surface area contributed by atoms with Gasteiger partial charge in [-0.2, -0.15) is 10.5 Å². The highest BCUT2D eigenvalue weighted by Gasteiger charge is 2.32. The Morgan fingerprint density at radius 3 is 2.13 bits per heavy atom. The molecule has 194 valence electrons. The molecule has 0 spiro atoms. The molecule has 38 heavy (non-hydrogen) atoms. The van der Waals surface area contributed by atoms with Crippen molar-refractivity contribution in [1.82, 2.24) is 4.57 Å². The summed E-state index contributed by atoms with van der Waals surface area (Å²) in [5.41, 5.74) is 7.67. The Morgan fingerprint density at radius 1 is 0.947 bits per heavy atom. The molecule has 1 aromatic heterocycles. The molecular weight excluding hydrogens is 504 g/mol. The zero-order valence-electron chi connectivity index (χ0n) is 21.4. The van der Waals surface area contributed by atoms with Gasteiger partial charge in [0, 0.05) is 0 Å². The number of nitrogens with zero attached hydrogens (tertiary/aromatic N) is 3. The summed E-state index contributed by atoms with van der Waals surface area (Å²) in [4.78, 5) is 13.5. The monoisotopic (exact) mass is 530 g/mol. The third-order valence-electron chi connectivity index (χ3n) is 6.00.